The number of benzene rings is 1. The second-order valence-electron chi connectivity index (χ2n) is 4.60. The van der Waals surface area contributed by atoms with Gasteiger partial charge in [0.25, 0.3) is 5.91 Å². The molecule has 0 saturated carbocycles. The van der Waals surface area contributed by atoms with Gasteiger partial charge in [0.15, 0.2) is 11.7 Å². The van der Waals surface area contributed by atoms with E-state index in [9.17, 15) is 4.79 Å². The van der Waals surface area contributed by atoms with Gasteiger partial charge in [0.05, 0.1) is 28.8 Å². The second-order valence-corrected chi connectivity index (χ2v) is 6.53. The highest BCUT2D eigenvalue weighted by atomic mass is 35.5. The maximum absolute atomic E-state index is 11.9. The molecule has 1 amide bonds. The van der Waals surface area contributed by atoms with E-state index in [4.69, 9.17) is 32.7 Å². The molecule has 1 aromatic carbocycles. The van der Waals surface area contributed by atoms with E-state index >= 15 is 0 Å². The third-order valence-electron chi connectivity index (χ3n) is 2.99. The van der Waals surface area contributed by atoms with Gasteiger partial charge in [-0.1, -0.05) is 34.5 Å². The number of halogens is 2. The topological polar surface area (TPSA) is 60.5 Å². The Morgan fingerprint density at radius 2 is 2.32 bits per heavy atom. The number of carbonyl (C=O) groups is 1. The highest BCUT2D eigenvalue weighted by Crippen LogP contribution is 2.28. The molecule has 0 unspecified atom stereocenters. The Balaban J connectivity index is 1.57. The van der Waals surface area contributed by atoms with Crippen LogP contribution in [-0.2, 0) is 22.6 Å². The van der Waals surface area contributed by atoms with Crippen molar-refractivity contribution in [3.05, 3.63) is 38.8 Å². The van der Waals surface area contributed by atoms with E-state index in [1.807, 2.05) is 0 Å². The molecule has 2 aromatic rings. The summed E-state index contributed by atoms with van der Waals surface area (Å²) in [4.78, 5) is 17.3. The van der Waals surface area contributed by atoms with Crippen LogP contribution in [-0.4, -0.2) is 24.1 Å². The van der Waals surface area contributed by atoms with Gasteiger partial charge in [-0.3, -0.25) is 10.1 Å². The van der Waals surface area contributed by atoms with Crippen LogP contribution in [0.5, 0.6) is 5.75 Å². The third-order valence-corrected chi connectivity index (χ3v) is 4.51. The lowest BCUT2D eigenvalue weighted by Gasteiger charge is -2.08. The van der Waals surface area contributed by atoms with Crippen LogP contribution in [0.1, 0.15) is 10.6 Å². The Morgan fingerprint density at radius 1 is 1.45 bits per heavy atom. The number of hydrogen-bond acceptors (Lipinski definition) is 5. The SMILES string of the molecule is O=C(COc1ccc(Cl)cc1Cl)Nc1nc2c(s1)COCC2. The van der Waals surface area contributed by atoms with Gasteiger partial charge in [-0.05, 0) is 18.2 Å². The van der Waals surface area contributed by atoms with Crippen molar-refractivity contribution < 1.29 is 14.3 Å². The summed E-state index contributed by atoms with van der Waals surface area (Å²) < 4.78 is 10.7. The Morgan fingerprint density at radius 3 is 3.09 bits per heavy atom. The average Bonchev–Trinajstić information content (AvgIpc) is 2.88. The monoisotopic (exact) mass is 358 g/mol. The van der Waals surface area contributed by atoms with Crippen molar-refractivity contribution in [1.82, 2.24) is 4.98 Å². The van der Waals surface area contributed by atoms with Gasteiger partial charge in [0.1, 0.15) is 5.75 Å². The molecule has 0 spiro atoms. The van der Waals surface area contributed by atoms with E-state index in [0.29, 0.717) is 34.1 Å². The molecule has 8 heteroatoms. The molecular weight excluding hydrogens is 347 g/mol. The van der Waals surface area contributed by atoms with Crippen molar-refractivity contribution in [2.24, 2.45) is 0 Å². The minimum absolute atomic E-state index is 0.151. The number of nitrogens with one attached hydrogen (secondary N) is 1. The summed E-state index contributed by atoms with van der Waals surface area (Å²) in [5.41, 5.74) is 0.994. The summed E-state index contributed by atoms with van der Waals surface area (Å²) in [5.74, 6) is 0.117. The zero-order valence-electron chi connectivity index (χ0n) is 11.4. The highest BCUT2D eigenvalue weighted by molar-refractivity contribution is 7.15. The van der Waals surface area contributed by atoms with Crippen LogP contribution in [0.25, 0.3) is 0 Å². The minimum Gasteiger partial charge on any atom is -0.482 e. The molecule has 0 bridgehead atoms. The average molecular weight is 359 g/mol. The molecule has 0 atom stereocenters. The maximum Gasteiger partial charge on any atom is 0.264 e. The fourth-order valence-corrected chi connectivity index (χ4v) is 3.39. The number of nitrogens with zero attached hydrogens (tertiary/aromatic N) is 1. The molecule has 0 aliphatic carbocycles. The molecule has 0 radical (unpaired) electrons. The normalized spacial score (nSPS) is 13.5. The van der Waals surface area contributed by atoms with Gasteiger partial charge in [-0.15, -0.1) is 0 Å². The van der Waals surface area contributed by atoms with Crippen molar-refractivity contribution in [1.29, 1.82) is 0 Å². The van der Waals surface area contributed by atoms with Gasteiger partial charge < -0.3 is 9.47 Å². The van der Waals surface area contributed by atoms with Crippen molar-refractivity contribution in [3.8, 4) is 5.75 Å². The first-order valence-corrected chi connectivity index (χ1v) is 8.13. The summed E-state index contributed by atoms with van der Waals surface area (Å²) in [6.45, 7) is 1.07. The van der Waals surface area contributed by atoms with Crippen LogP contribution in [0, 0.1) is 0 Å². The lowest BCUT2D eigenvalue weighted by molar-refractivity contribution is -0.118. The molecule has 1 N–H and O–H groups in total. The molecule has 3 rings (SSSR count). The molecular formula is C14H12Cl2N2O3S. The Bertz CT molecular complexity index is 682. The quantitative estimate of drug-likeness (QED) is 0.907. The molecule has 1 aliphatic heterocycles. The minimum atomic E-state index is -0.293. The van der Waals surface area contributed by atoms with Crippen molar-refractivity contribution in [2.45, 2.75) is 13.0 Å². The first-order valence-electron chi connectivity index (χ1n) is 6.56. The number of ether oxygens (including phenoxy) is 2. The number of amides is 1. The first kappa shape index (κ1) is 15.6. The smallest absolute Gasteiger partial charge is 0.264 e. The fourth-order valence-electron chi connectivity index (χ4n) is 1.97. The lowest BCUT2D eigenvalue weighted by Crippen LogP contribution is -2.20. The summed E-state index contributed by atoms with van der Waals surface area (Å²) in [7, 11) is 0. The fraction of sp³-hybridized carbons (Fsp3) is 0.286. The molecule has 0 fully saturated rings. The van der Waals surface area contributed by atoms with Crippen LogP contribution >= 0.6 is 34.5 Å². The number of anilines is 1. The van der Waals surface area contributed by atoms with E-state index in [2.05, 4.69) is 10.3 Å². The summed E-state index contributed by atoms with van der Waals surface area (Å²) >= 11 is 13.2. The van der Waals surface area contributed by atoms with Crippen molar-refractivity contribution in [2.75, 3.05) is 18.5 Å². The zero-order chi connectivity index (χ0) is 15.5. The molecule has 116 valence electrons. The van der Waals surface area contributed by atoms with E-state index in [1.165, 1.54) is 11.3 Å². The number of aromatic nitrogens is 1. The van der Waals surface area contributed by atoms with Gasteiger partial charge in [-0.25, -0.2) is 4.98 Å². The highest BCUT2D eigenvalue weighted by Gasteiger charge is 2.17. The number of carbonyl (C=O) groups excluding carboxylic acids is 1. The first-order chi connectivity index (χ1) is 10.6. The number of hydrogen-bond donors (Lipinski definition) is 1. The van der Waals surface area contributed by atoms with Gasteiger partial charge >= 0.3 is 0 Å². The largest absolute Gasteiger partial charge is 0.482 e. The summed E-state index contributed by atoms with van der Waals surface area (Å²) in [5, 5.41) is 4.15. The maximum atomic E-state index is 11.9. The predicted molar refractivity (Wildman–Crippen MR) is 86.1 cm³/mol. The third kappa shape index (κ3) is 3.70. The van der Waals surface area contributed by atoms with Crippen LogP contribution < -0.4 is 10.1 Å². The Hall–Kier alpha value is -1.34. The van der Waals surface area contributed by atoms with E-state index in [-0.39, 0.29) is 12.5 Å². The zero-order valence-corrected chi connectivity index (χ0v) is 13.7. The van der Waals surface area contributed by atoms with E-state index in [0.717, 1.165) is 17.0 Å². The standard InChI is InChI=1S/C14H12Cl2N2O3S/c15-8-1-2-11(9(16)5-8)21-7-13(19)18-14-17-10-3-4-20-6-12(10)22-14/h1-2,5H,3-4,6-7H2,(H,17,18,19). The molecule has 0 saturated heterocycles. The van der Waals surface area contributed by atoms with Crippen LogP contribution in [0.2, 0.25) is 10.0 Å². The van der Waals surface area contributed by atoms with Crippen LogP contribution in [0.3, 0.4) is 0 Å². The molecule has 2 heterocycles. The Kier molecular flexibility index (Phi) is 4.83. The van der Waals surface area contributed by atoms with E-state index in [1.54, 1.807) is 18.2 Å². The van der Waals surface area contributed by atoms with Crippen molar-refractivity contribution in [3.63, 3.8) is 0 Å². The number of thiazole rings is 1. The van der Waals surface area contributed by atoms with Crippen LogP contribution in [0.15, 0.2) is 18.2 Å². The number of fused-ring (bicyclic) bond motifs is 1. The van der Waals surface area contributed by atoms with Gasteiger partial charge in [0.2, 0.25) is 0 Å². The van der Waals surface area contributed by atoms with Crippen molar-refractivity contribution >= 4 is 45.6 Å². The lowest BCUT2D eigenvalue weighted by atomic mass is 10.2. The molecule has 1 aromatic heterocycles. The van der Waals surface area contributed by atoms with Gasteiger partial charge in [-0.2, -0.15) is 0 Å². The molecule has 5 nitrogen and oxygen atoms in total. The van der Waals surface area contributed by atoms with Gasteiger partial charge in [0, 0.05) is 11.4 Å². The summed E-state index contributed by atoms with van der Waals surface area (Å²) in [6, 6.07) is 4.83. The predicted octanol–water partition coefficient (Wildman–Crippen LogP) is 3.54. The Labute approximate surface area is 141 Å². The number of rotatable bonds is 4. The summed E-state index contributed by atoms with van der Waals surface area (Å²) in [6.07, 6.45) is 0.776. The second kappa shape index (κ2) is 6.83. The molecule has 1 aliphatic rings. The molecule has 22 heavy (non-hydrogen) atoms. The van der Waals surface area contributed by atoms with E-state index < -0.39 is 0 Å². The van der Waals surface area contributed by atoms with Crippen LogP contribution in [0.4, 0.5) is 5.13 Å².